The Labute approximate surface area is 151 Å². The van der Waals surface area contributed by atoms with Crippen molar-refractivity contribution in [3.05, 3.63) is 30.6 Å². The number of amides is 2. The molecule has 138 valence electrons. The van der Waals surface area contributed by atoms with Crippen LogP contribution in [0.3, 0.4) is 0 Å². The van der Waals surface area contributed by atoms with Crippen molar-refractivity contribution in [3.8, 4) is 11.1 Å². The maximum Gasteiger partial charge on any atom is 0.411 e. The summed E-state index contributed by atoms with van der Waals surface area (Å²) in [5.74, 6) is -0.117. The van der Waals surface area contributed by atoms with Crippen molar-refractivity contribution in [2.75, 3.05) is 23.0 Å². The van der Waals surface area contributed by atoms with Crippen LogP contribution in [0.1, 0.15) is 20.3 Å². The molecule has 0 bridgehead atoms. The van der Waals surface area contributed by atoms with Crippen LogP contribution in [0.15, 0.2) is 30.6 Å². The van der Waals surface area contributed by atoms with Gasteiger partial charge in [0.05, 0.1) is 23.6 Å². The number of carbonyl (C=O) groups excluding carboxylic acids is 1. The van der Waals surface area contributed by atoms with Crippen LogP contribution in [-0.4, -0.2) is 51.2 Å². The van der Waals surface area contributed by atoms with Gasteiger partial charge in [-0.15, -0.1) is 0 Å². The van der Waals surface area contributed by atoms with E-state index in [2.05, 4.69) is 5.10 Å². The molecule has 0 fully saturated rings. The normalized spacial score (nSPS) is 16.5. The minimum atomic E-state index is -1.04. The Morgan fingerprint density at radius 2 is 2.04 bits per heavy atom. The molecule has 0 spiro atoms. The van der Waals surface area contributed by atoms with Gasteiger partial charge in [-0.3, -0.25) is 14.4 Å². The minimum absolute atomic E-state index is 0.0979. The number of hydrogen-bond acceptors (Lipinski definition) is 4. The first kappa shape index (κ1) is 17.9. The first-order valence-electron chi connectivity index (χ1n) is 8.50. The van der Waals surface area contributed by atoms with Gasteiger partial charge >= 0.3 is 6.09 Å². The van der Waals surface area contributed by atoms with E-state index in [1.165, 1.54) is 11.8 Å². The maximum atomic E-state index is 12.0. The molecular formula is C18H22N4O4. The summed E-state index contributed by atoms with van der Waals surface area (Å²) in [6.07, 6.45) is 3.13. The molecule has 2 amide bonds. The lowest BCUT2D eigenvalue weighted by Gasteiger charge is -2.39. The van der Waals surface area contributed by atoms with Crippen LogP contribution < -0.4 is 9.80 Å². The molecule has 8 nitrogen and oxygen atoms in total. The van der Waals surface area contributed by atoms with E-state index in [1.54, 1.807) is 27.9 Å². The second-order valence-electron chi connectivity index (χ2n) is 6.40. The molecule has 2 heterocycles. The maximum absolute atomic E-state index is 12.0. The topological polar surface area (TPSA) is 98.9 Å². The van der Waals surface area contributed by atoms with Crippen molar-refractivity contribution in [1.29, 1.82) is 0 Å². The van der Waals surface area contributed by atoms with Crippen LogP contribution in [0, 0.1) is 0 Å². The van der Waals surface area contributed by atoms with Crippen LogP contribution in [0.5, 0.6) is 0 Å². The smallest absolute Gasteiger partial charge is 0.411 e. The van der Waals surface area contributed by atoms with Gasteiger partial charge in [0.25, 0.3) is 0 Å². The standard InChI is InChI=1S/C18H22N4O4/c1-12-10-21(18(25)26)17-8-14(4-5-16(17)22(12)13(2)24)15-9-19-20(11-15)6-3-7-23/h4-5,8-9,11-12,23H,3,6-7,10H2,1-2H3,(H,25,26)/t12-/m0/s1. The summed E-state index contributed by atoms with van der Waals surface area (Å²) < 4.78 is 1.74. The van der Waals surface area contributed by atoms with Crippen molar-refractivity contribution < 1.29 is 19.8 Å². The lowest BCUT2D eigenvalue weighted by molar-refractivity contribution is -0.117. The number of carboxylic acid groups (broad SMARTS) is 1. The van der Waals surface area contributed by atoms with Crippen LogP contribution in [-0.2, 0) is 11.3 Å². The Hall–Kier alpha value is -2.87. The Balaban J connectivity index is 2.01. The van der Waals surface area contributed by atoms with Crippen molar-refractivity contribution in [2.45, 2.75) is 32.9 Å². The number of aliphatic hydroxyl groups is 1. The molecule has 0 aliphatic carbocycles. The van der Waals surface area contributed by atoms with Crippen LogP contribution in [0.4, 0.5) is 16.2 Å². The predicted octanol–water partition coefficient (Wildman–Crippen LogP) is 2.17. The zero-order chi connectivity index (χ0) is 18.8. The highest BCUT2D eigenvalue weighted by atomic mass is 16.4. The highest BCUT2D eigenvalue weighted by molar-refractivity contribution is 6.02. The third-order valence-corrected chi connectivity index (χ3v) is 4.50. The number of benzene rings is 1. The number of aryl methyl sites for hydroxylation is 1. The van der Waals surface area contributed by atoms with Gasteiger partial charge in [-0.1, -0.05) is 6.07 Å². The van der Waals surface area contributed by atoms with Gasteiger partial charge in [-0.2, -0.15) is 5.10 Å². The second kappa shape index (κ2) is 7.17. The van der Waals surface area contributed by atoms with Gasteiger partial charge in [0.15, 0.2) is 0 Å². The minimum Gasteiger partial charge on any atom is -0.465 e. The molecular weight excluding hydrogens is 336 g/mol. The van der Waals surface area contributed by atoms with E-state index in [-0.39, 0.29) is 25.1 Å². The highest BCUT2D eigenvalue weighted by Crippen LogP contribution is 2.38. The van der Waals surface area contributed by atoms with Gasteiger partial charge in [-0.25, -0.2) is 4.79 Å². The highest BCUT2D eigenvalue weighted by Gasteiger charge is 2.33. The van der Waals surface area contributed by atoms with Gasteiger partial charge in [0.1, 0.15) is 0 Å². The monoisotopic (exact) mass is 358 g/mol. The van der Waals surface area contributed by atoms with Crippen molar-refractivity contribution in [1.82, 2.24) is 9.78 Å². The fraction of sp³-hybridized carbons (Fsp3) is 0.389. The lowest BCUT2D eigenvalue weighted by atomic mass is 10.0. The zero-order valence-corrected chi connectivity index (χ0v) is 14.8. The van der Waals surface area contributed by atoms with Crippen molar-refractivity contribution >= 4 is 23.4 Å². The molecule has 26 heavy (non-hydrogen) atoms. The average Bonchev–Trinajstić information content (AvgIpc) is 3.07. The second-order valence-corrected chi connectivity index (χ2v) is 6.40. The summed E-state index contributed by atoms with van der Waals surface area (Å²) in [6, 6.07) is 5.19. The number of fused-ring (bicyclic) bond motifs is 1. The number of carbonyl (C=O) groups is 2. The fourth-order valence-electron chi connectivity index (χ4n) is 3.33. The van der Waals surface area contributed by atoms with Crippen molar-refractivity contribution in [2.24, 2.45) is 0 Å². The summed E-state index contributed by atoms with van der Waals surface area (Å²) in [5, 5.41) is 22.8. The lowest BCUT2D eigenvalue weighted by Crippen LogP contribution is -2.51. The molecule has 0 radical (unpaired) electrons. The van der Waals surface area contributed by atoms with Gasteiger partial charge in [0, 0.05) is 38.4 Å². The van der Waals surface area contributed by atoms with E-state index in [1.807, 2.05) is 19.2 Å². The Morgan fingerprint density at radius 3 is 2.69 bits per heavy atom. The summed E-state index contributed by atoms with van der Waals surface area (Å²) in [7, 11) is 0. The molecule has 1 atom stereocenters. The van der Waals surface area contributed by atoms with E-state index >= 15 is 0 Å². The molecule has 1 aromatic carbocycles. The quantitative estimate of drug-likeness (QED) is 0.873. The average molecular weight is 358 g/mol. The largest absolute Gasteiger partial charge is 0.465 e. The third-order valence-electron chi connectivity index (χ3n) is 4.50. The van der Waals surface area contributed by atoms with E-state index in [0.717, 1.165) is 11.1 Å². The van der Waals surface area contributed by atoms with Gasteiger partial charge < -0.3 is 15.1 Å². The third kappa shape index (κ3) is 3.28. The molecule has 2 N–H and O–H groups in total. The Kier molecular flexibility index (Phi) is 4.94. The molecule has 0 saturated heterocycles. The Morgan fingerprint density at radius 1 is 1.27 bits per heavy atom. The summed E-state index contributed by atoms with van der Waals surface area (Å²) >= 11 is 0. The molecule has 3 rings (SSSR count). The molecule has 8 heteroatoms. The molecule has 1 aromatic heterocycles. The van der Waals surface area contributed by atoms with Gasteiger partial charge in [-0.05, 0) is 31.0 Å². The van der Waals surface area contributed by atoms with Gasteiger partial charge in [0.2, 0.25) is 5.91 Å². The first-order valence-corrected chi connectivity index (χ1v) is 8.50. The van der Waals surface area contributed by atoms with E-state index in [9.17, 15) is 14.7 Å². The van der Waals surface area contributed by atoms with Crippen LogP contribution in [0.2, 0.25) is 0 Å². The number of anilines is 2. The molecule has 0 unspecified atom stereocenters. The number of aromatic nitrogens is 2. The SMILES string of the molecule is CC(=O)N1c2ccc(-c3cnn(CCCO)c3)cc2N(C(=O)O)C[C@@H]1C. The van der Waals surface area contributed by atoms with Crippen molar-refractivity contribution in [3.63, 3.8) is 0 Å². The van der Waals surface area contributed by atoms with Crippen LogP contribution >= 0.6 is 0 Å². The van der Waals surface area contributed by atoms with E-state index in [4.69, 9.17) is 5.11 Å². The fourth-order valence-corrected chi connectivity index (χ4v) is 3.33. The molecule has 2 aromatic rings. The number of nitrogens with zero attached hydrogens (tertiary/aromatic N) is 4. The van der Waals surface area contributed by atoms with Crippen LogP contribution in [0.25, 0.3) is 11.1 Å². The molecule has 1 aliphatic heterocycles. The number of aliphatic hydroxyl groups excluding tert-OH is 1. The zero-order valence-electron chi connectivity index (χ0n) is 14.8. The molecule has 1 aliphatic rings. The Bertz CT molecular complexity index is 832. The summed E-state index contributed by atoms with van der Waals surface area (Å²) in [5.41, 5.74) is 2.76. The van der Waals surface area contributed by atoms with E-state index < -0.39 is 6.09 Å². The summed E-state index contributed by atoms with van der Waals surface area (Å²) in [6.45, 7) is 4.25. The first-order chi connectivity index (χ1) is 12.4. The number of rotatable bonds is 4. The molecule has 0 saturated carbocycles. The predicted molar refractivity (Wildman–Crippen MR) is 97.4 cm³/mol. The summed E-state index contributed by atoms with van der Waals surface area (Å²) in [4.78, 5) is 26.6. The number of hydrogen-bond donors (Lipinski definition) is 2. The van der Waals surface area contributed by atoms with E-state index in [0.29, 0.717) is 24.3 Å².